The molecule has 2 aliphatic heterocycles. The molecule has 8 heteroatoms. The number of nitrogens with one attached hydrogen (secondary N) is 1. The number of ketones is 1. The monoisotopic (exact) mass is 467 g/mol. The van der Waals surface area contributed by atoms with Gasteiger partial charge in [-0.25, -0.2) is 4.98 Å². The number of benzene rings is 3. The Hall–Kier alpha value is -4.59. The zero-order valence-corrected chi connectivity index (χ0v) is 18.8. The fourth-order valence-corrected chi connectivity index (χ4v) is 4.61. The molecule has 0 bridgehead atoms. The van der Waals surface area contributed by atoms with Crippen molar-refractivity contribution in [2.24, 2.45) is 0 Å². The molecule has 8 nitrogen and oxygen atoms in total. The van der Waals surface area contributed by atoms with Crippen LogP contribution < -0.4 is 14.4 Å². The zero-order valence-electron chi connectivity index (χ0n) is 18.8. The number of hydrogen-bond acceptors (Lipinski definition) is 6. The van der Waals surface area contributed by atoms with Gasteiger partial charge in [-0.05, 0) is 42.8 Å². The summed E-state index contributed by atoms with van der Waals surface area (Å²) in [6.07, 6.45) is 0. The van der Waals surface area contributed by atoms with E-state index in [4.69, 9.17) is 9.47 Å². The molecule has 4 aromatic rings. The first kappa shape index (κ1) is 21.0. The van der Waals surface area contributed by atoms with Crippen LogP contribution in [0.25, 0.3) is 16.8 Å². The van der Waals surface area contributed by atoms with E-state index in [1.807, 2.05) is 55.5 Å². The summed E-state index contributed by atoms with van der Waals surface area (Å²) in [6, 6.07) is 19.0. The maximum absolute atomic E-state index is 13.4. The molecule has 1 atom stereocenters. The van der Waals surface area contributed by atoms with Gasteiger partial charge in [0.2, 0.25) is 5.95 Å². The number of aliphatic hydroxyl groups excluding tert-OH is 1. The Balaban J connectivity index is 1.55. The summed E-state index contributed by atoms with van der Waals surface area (Å²) in [6.45, 7) is 2.75. The Labute approximate surface area is 200 Å². The molecule has 0 spiro atoms. The van der Waals surface area contributed by atoms with E-state index in [0.717, 1.165) is 11.1 Å². The molecule has 6 rings (SSSR count). The summed E-state index contributed by atoms with van der Waals surface area (Å²) in [5.74, 6) is -0.574. The van der Waals surface area contributed by atoms with Crippen molar-refractivity contribution in [3.05, 3.63) is 89.0 Å². The van der Waals surface area contributed by atoms with E-state index < -0.39 is 17.7 Å². The van der Waals surface area contributed by atoms with Gasteiger partial charge in [0.05, 0.1) is 22.6 Å². The number of amides is 1. The van der Waals surface area contributed by atoms with Gasteiger partial charge in [-0.3, -0.25) is 14.5 Å². The molecule has 0 radical (unpaired) electrons. The van der Waals surface area contributed by atoms with Gasteiger partial charge in [0.1, 0.15) is 19.0 Å². The van der Waals surface area contributed by atoms with Crippen LogP contribution in [0.4, 0.5) is 5.95 Å². The second kappa shape index (κ2) is 8.02. The second-order valence-corrected chi connectivity index (χ2v) is 8.52. The summed E-state index contributed by atoms with van der Waals surface area (Å²) >= 11 is 0. The number of para-hydroxylation sites is 2. The van der Waals surface area contributed by atoms with Crippen LogP contribution in [0.15, 0.2) is 72.3 Å². The number of ether oxygens (including phenoxy) is 2. The van der Waals surface area contributed by atoms with Crippen molar-refractivity contribution in [1.82, 2.24) is 9.97 Å². The summed E-state index contributed by atoms with van der Waals surface area (Å²) in [7, 11) is 0. The first-order chi connectivity index (χ1) is 17.0. The first-order valence-corrected chi connectivity index (χ1v) is 11.2. The number of Topliss-reactive ketones (excluding diaryl/α,β-unsaturated/α-hetero) is 1. The molecule has 1 amide bonds. The average molecular weight is 467 g/mol. The van der Waals surface area contributed by atoms with Crippen molar-refractivity contribution in [3.63, 3.8) is 0 Å². The smallest absolute Gasteiger partial charge is 0.302 e. The van der Waals surface area contributed by atoms with Crippen molar-refractivity contribution in [2.75, 3.05) is 18.1 Å². The number of anilines is 1. The molecule has 2 aliphatic rings. The molecular weight excluding hydrogens is 446 g/mol. The number of aromatic amines is 1. The summed E-state index contributed by atoms with van der Waals surface area (Å²) < 4.78 is 11.2. The number of aliphatic hydroxyl groups is 1. The number of aromatic nitrogens is 2. The number of nitrogens with zero attached hydrogens (tertiary/aromatic N) is 2. The molecule has 1 saturated heterocycles. The van der Waals surface area contributed by atoms with E-state index >= 15 is 0 Å². The van der Waals surface area contributed by atoms with Crippen molar-refractivity contribution < 1.29 is 24.2 Å². The number of fused-ring (bicyclic) bond motifs is 2. The van der Waals surface area contributed by atoms with Crippen LogP contribution in [0, 0.1) is 6.92 Å². The Kier molecular flexibility index (Phi) is 4.81. The summed E-state index contributed by atoms with van der Waals surface area (Å²) in [4.78, 5) is 35.7. The Morgan fingerprint density at radius 1 is 1.00 bits per heavy atom. The largest absolute Gasteiger partial charge is 0.507 e. The van der Waals surface area contributed by atoms with Crippen LogP contribution in [0.3, 0.4) is 0 Å². The fourth-order valence-electron chi connectivity index (χ4n) is 4.61. The SMILES string of the molecule is Cc1cccc(C2/C(=C(\O)c3ccc4c(c3)OCCO4)C(=O)C(=O)N2c2nc3ccccc3[nH]2)c1. The van der Waals surface area contributed by atoms with E-state index in [9.17, 15) is 14.7 Å². The molecule has 1 aromatic heterocycles. The maximum atomic E-state index is 13.4. The van der Waals surface area contributed by atoms with Crippen LogP contribution in [0.1, 0.15) is 22.7 Å². The Morgan fingerprint density at radius 2 is 1.80 bits per heavy atom. The molecule has 3 aromatic carbocycles. The lowest BCUT2D eigenvalue weighted by Gasteiger charge is -2.23. The third kappa shape index (κ3) is 3.42. The lowest BCUT2D eigenvalue weighted by atomic mass is 9.94. The molecule has 2 N–H and O–H groups in total. The lowest BCUT2D eigenvalue weighted by molar-refractivity contribution is -0.132. The summed E-state index contributed by atoms with van der Waals surface area (Å²) in [5.41, 5.74) is 3.38. The minimum Gasteiger partial charge on any atom is -0.507 e. The number of H-pyrrole nitrogens is 1. The number of imidazole rings is 1. The zero-order chi connectivity index (χ0) is 24.1. The topological polar surface area (TPSA) is 105 Å². The molecule has 174 valence electrons. The van der Waals surface area contributed by atoms with Gasteiger partial charge in [-0.1, -0.05) is 42.0 Å². The molecule has 0 saturated carbocycles. The minimum atomic E-state index is -0.872. The van der Waals surface area contributed by atoms with Crippen molar-refractivity contribution >= 4 is 34.4 Å². The molecule has 35 heavy (non-hydrogen) atoms. The second-order valence-electron chi connectivity index (χ2n) is 8.52. The molecule has 0 aliphatic carbocycles. The highest BCUT2D eigenvalue weighted by atomic mass is 16.6. The van der Waals surface area contributed by atoms with Gasteiger partial charge >= 0.3 is 5.91 Å². The van der Waals surface area contributed by atoms with E-state index in [1.165, 1.54) is 4.90 Å². The van der Waals surface area contributed by atoms with Crippen LogP contribution in [0.2, 0.25) is 0 Å². The van der Waals surface area contributed by atoms with E-state index in [1.54, 1.807) is 18.2 Å². The number of rotatable bonds is 3. The molecule has 1 fully saturated rings. The quantitative estimate of drug-likeness (QED) is 0.265. The van der Waals surface area contributed by atoms with Gasteiger partial charge in [0, 0.05) is 5.56 Å². The summed E-state index contributed by atoms with van der Waals surface area (Å²) in [5, 5.41) is 11.4. The number of carbonyl (C=O) groups excluding carboxylic acids is 2. The average Bonchev–Trinajstić information content (AvgIpc) is 3.41. The van der Waals surface area contributed by atoms with Gasteiger partial charge in [-0.2, -0.15) is 0 Å². The van der Waals surface area contributed by atoms with Crippen LogP contribution in [0.5, 0.6) is 11.5 Å². The Morgan fingerprint density at radius 3 is 2.60 bits per heavy atom. The van der Waals surface area contributed by atoms with Crippen LogP contribution in [-0.2, 0) is 9.59 Å². The van der Waals surface area contributed by atoms with Crippen LogP contribution >= 0.6 is 0 Å². The highest BCUT2D eigenvalue weighted by Gasteiger charge is 2.48. The van der Waals surface area contributed by atoms with E-state index in [0.29, 0.717) is 41.4 Å². The number of carbonyl (C=O) groups is 2. The third-order valence-corrected chi connectivity index (χ3v) is 6.22. The van der Waals surface area contributed by atoms with Gasteiger partial charge in [0.25, 0.3) is 5.78 Å². The normalized spacial score (nSPS) is 18.9. The third-order valence-electron chi connectivity index (χ3n) is 6.22. The predicted molar refractivity (Wildman–Crippen MR) is 129 cm³/mol. The highest BCUT2D eigenvalue weighted by Crippen LogP contribution is 2.43. The standard InChI is InChI=1S/C27H21N3O5/c1-15-5-4-6-16(13-15)23-22(24(31)17-9-10-20-21(14-17)35-12-11-34-20)25(32)26(33)30(23)27-28-18-7-2-3-8-19(18)29-27/h2-10,13-14,23,31H,11-12H2,1H3,(H,28,29)/b24-22+. The minimum absolute atomic E-state index is 0.0160. The van der Waals surface area contributed by atoms with Gasteiger partial charge < -0.3 is 19.6 Å². The molecule has 1 unspecified atom stereocenters. The lowest BCUT2D eigenvalue weighted by Crippen LogP contribution is -2.30. The molecule has 3 heterocycles. The number of aryl methyl sites for hydroxylation is 1. The van der Waals surface area contributed by atoms with Crippen molar-refractivity contribution in [2.45, 2.75) is 13.0 Å². The highest BCUT2D eigenvalue weighted by molar-refractivity contribution is 6.51. The molecular formula is C27H21N3O5. The van der Waals surface area contributed by atoms with Gasteiger partial charge in [-0.15, -0.1) is 0 Å². The maximum Gasteiger partial charge on any atom is 0.302 e. The first-order valence-electron chi connectivity index (χ1n) is 11.2. The van der Waals surface area contributed by atoms with E-state index in [-0.39, 0.29) is 17.3 Å². The van der Waals surface area contributed by atoms with Crippen molar-refractivity contribution in [3.8, 4) is 11.5 Å². The predicted octanol–water partition coefficient (Wildman–Crippen LogP) is 4.27. The van der Waals surface area contributed by atoms with Crippen molar-refractivity contribution in [1.29, 1.82) is 0 Å². The van der Waals surface area contributed by atoms with Crippen LogP contribution in [-0.4, -0.2) is 40.0 Å². The van der Waals surface area contributed by atoms with E-state index in [2.05, 4.69) is 9.97 Å². The number of hydrogen-bond donors (Lipinski definition) is 2. The fraction of sp³-hybridized carbons (Fsp3) is 0.148. The Bertz CT molecular complexity index is 1500. The van der Waals surface area contributed by atoms with Gasteiger partial charge in [0.15, 0.2) is 11.5 Å².